The van der Waals surface area contributed by atoms with Crippen molar-refractivity contribution in [2.45, 2.75) is 71.8 Å². The molecule has 3 aromatic heterocycles. The molecule has 0 aliphatic carbocycles. The molecule has 0 saturated carbocycles. The van der Waals surface area contributed by atoms with E-state index >= 15 is 0 Å². The number of H-pyrrole nitrogens is 1. The van der Waals surface area contributed by atoms with Gasteiger partial charge in [0.05, 0.1) is 36.2 Å². The Hall–Kier alpha value is -2.63. The smallest absolute Gasteiger partial charge is 0.0674 e. The second kappa shape index (κ2) is 9.35. The first-order chi connectivity index (χ1) is 17.4. The van der Waals surface area contributed by atoms with Gasteiger partial charge in [-0.3, -0.25) is 4.90 Å². The van der Waals surface area contributed by atoms with E-state index in [1.54, 1.807) is 0 Å². The molecule has 6 rings (SSSR count). The fraction of sp³-hybridized carbons (Fsp3) is 0.516. The third kappa shape index (κ3) is 4.26. The van der Waals surface area contributed by atoms with Gasteiger partial charge in [0.15, 0.2) is 0 Å². The molecule has 5 heteroatoms. The van der Waals surface area contributed by atoms with Crippen LogP contribution in [0.5, 0.6) is 0 Å². The van der Waals surface area contributed by atoms with Crippen LogP contribution in [0.4, 0.5) is 0 Å². The van der Waals surface area contributed by atoms with E-state index in [1.807, 2.05) is 0 Å². The highest BCUT2D eigenvalue weighted by molar-refractivity contribution is 5.92. The molecule has 2 saturated heterocycles. The van der Waals surface area contributed by atoms with Gasteiger partial charge in [-0.15, -0.1) is 0 Å². The van der Waals surface area contributed by atoms with Crippen LogP contribution >= 0.6 is 0 Å². The third-order valence-electron chi connectivity index (χ3n) is 8.24. The zero-order valence-electron chi connectivity index (χ0n) is 22.5. The van der Waals surface area contributed by atoms with E-state index in [4.69, 9.17) is 9.84 Å². The number of nitrogens with one attached hydrogen (secondary N) is 1. The molecule has 5 heterocycles. The van der Waals surface area contributed by atoms with Gasteiger partial charge in [0.2, 0.25) is 0 Å². The van der Waals surface area contributed by atoms with Crippen molar-refractivity contribution in [3.8, 4) is 11.3 Å². The van der Waals surface area contributed by atoms with Gasteiger partial charge in [0.1, 0.15) is 0 Å². The number of rotatable bonds is 6. The number of likely N-dealkylation sites (tertiary alicyclic amines) is 1. The standard InChI is InChI=1S/C31H40N4O/c1-19(2)12-25-14-24(15-26-13-21(5)33-35(25)26)31-30(20(3)4)28-16-23(6-7-29(28)32-31)22-8-10-34(11-9-22)27-17-36-18-27/h6-7,13-16,19-20,22,27,32H,8-12,17-18H2,1-5H3. The molecular weight excluding hydrogens is 444 g/mol. The highest BCUT2D eigenvalue weighted by Gasteiger charge is 2.30. The van der Waals surface area contributed by atoms with Crippen LogP contribution in [-0.2, 0) is 11.2 Å². The van der Waals surface area contributed by atoms with E-state index in [0.29, 0.717) is 23.8 Å². The van der Waals surface area contributed by atoms with E-state index in [2.05, 4.69) is 85.4 Å². The van der Waals surface area contributed by atoms with Gasteiger partial charge in [-0.05, 0) is 98.5 Å². The number of aromatic amines is 1. The Morgan fingerprint density at radius 3 is 2.47 bits per heavy atom. The number of ether oxygens (including phenoxy) is 1. The summed E-state index contributed by atoms with van der Waals surface area (Å²) in [4.78, 5) is 6.46. The maximum atomic E-state index is 5.42. The molecule has 0 bridgehead atoms. The Morgan fingerprint density at radius 1 is 1.03 bits per heavy atom. The number of aromatic nitrogens is 3. The number of hydrogen-bond acceptors (Lipinski definition) is 3. The van der Waals surface area contributed by atoms with Gasteiger partial charge in [-0.2, -0.15) is 5.10 Å². The number of pyridine rings is 1. The van der Waals surface area contributed by atoms with Crippen molar-refractivity contribution >= 4 is 16.4 Å². The van der Waals surface area contributed by atoms with Crippen molar-refractivity contribution in [2.24, 2.45) is 5.92 Å². The fourth-order valence-corrected chi connectivity index (χ4v) is 6.35. The average Bonchev–Trinajstić information content (AvgIpc) is 3.37. The van der Waals surface area contributed by atoms with Gasteiger partial charge in [-0.25, -0.2) is 4.52 Å². The molecule has 190 valence electrons. The quantitative estimate of drug-likeness (QED) is 0.332. The van der Waals surface area contributed by atoms with Crippen LogP contribution in [0, 0.1) is 12.8 Å². The monoisotopic (exact) mass is 484 g/mol. The number of benzene rings is 1. The third-order valence-corrected chi connectivity index (χ3v) is 8.24. The summed E-state index contributed by atoms with van der Waals surface area (Å²) in [7, 11) is 0. The minimum atomic E-state index is 0.431. The zero-order valence-corrected chi connectivity index (χ0v) is 22.5. The van der Waals surface area contributed by atoms with Crippen molar-refractivity contribution in [3.05, 3.63) is 58.9 Å². The molecule has 0 radical (unpaired) electrons. The summed E-state index contributed by atoms with van der Waals surface area (Å²) >= 11 is 0. The summed E-state index contributed by atoms with van der Waals surface area (Å²) < 4.78 is 7.56. The Morgan fingerprint density at radius 2 is 1.81 bits per heavy atom. The van der Waals surface area contributed by atoms with Crippen LogP contribution in [0.2, 0.25) is 0 Å². The molecule has 1 N–H and O–H groups in total. The maximum absolute atomic E-state index is 5.42. The van der Waals surface area contributed by atoms with Crippen LogP contribution in [0.1, 0.15) is 74.9 Å². The van der Waals surface area contributed by atoms with Crippen LogP contribution in [-0.4, -0.2) is 51.8 Å². The van der Waals surface area contributed by atoms with Gasteiger partial charge in [0.25, 0.3) is 0 Å². The molecule has 36 heavy (non-hydrogen) atoms. The molecule has 2 fully saturated rings. The van der Waals surface area contributed by atoms with Crippen molar-refractivity contribution in [1.82, 2.24) is 19.5 Å². The van der Waals surface area contributed by atoms with E-state index in [0.717, 1.165) is 25.3 Å². The summed E-state index contributed by atoms with van der Waals surface area (Å²) in [6.07, 6.45) is 3.50. The maximum Gasteiger partial charge on any atom is 0.0674 e. The summed E-state index contributed by atoms with van der Waals surface area (Å²) in [6, 6.07) is 14.7. The number of hydrogen-bond donors (Lipinski definition) is 1. The molecule has 0 amide bonds. The van der Waals surface area contributed by atoms with Gasteiger partial charge in [-0.1, -0.05) is 33.8 Å². The van der Waals surface area contributed by atoms with Crippen LogP contribution in [0.3, 0.4) is 0 Å². The first-order valence-electron chi connectivity index (χ1n) is 13.8. The number of fused-ring (bicyclic) bond motifs is 2. The lowest BCUT2D eigenvalue weighted by Crippen LogP contribution is -2.51. The van der Waals surface area contributed by atoms with Gasteiger partial charge in [0, 0.05) is 22.2 Å². The first-order valence-corrected chi connectivity index (χ1v) is 13.8. The second-order valence-electron chi connectivity index (χ2n) is 11.8. The molecule has 2 aliphatic heterocycles. The van der Waals surface area contributed by atoms with Crippen LogP contribution in [0.15, 0.2) is 36.4 Å². The van der Waals surface area contributed by atoms with Gasteiger partial charge >= 0.3 is 0 Å². The van der Waals surface area contributed by atoms with E-state index in [1.165, 1.54) is 70.4 Å². The lowest BCUT2D eigenvalue weighted by atomic mass is 9.87. The zero-order chi connectivity index (χ0) is 25.0. The van der Waals surface area contributed by atoms with E-state index < -0.39 is 0 Å². The normalized spacial score (nSPS) is 18.2. The Bertz CT molecular complexity index is 1380. The summed E-state index contributed by atoms with van der Waals surface area (Å²) in [5.41, 5.74) is 10.3. The molecule has 2 aliphatic rings. The molecule has 1 aromatic carbocycles. The minimum absolute atomic E-state index is 0.431. The Balaban J connectivity index is 1.39. The number of nitrogens with zero attached hydrogens (tertiary/aromatic N) is 3. The molecule has 0 atom stereocenters. The Labute approximate surface area is 214 Å². The highest BCUT2D eigenvalue weighted by Crippen LogP contribution is 2.39. The van der Waals surface area contributed by atoms with Crippen LogP contribution in [0.25, 0.3) is 27.7 Å². The average molecular weight is 485 g/mol. The number of aryl methyl sites for hydroxylation is 1. The number of piperidine rings is 1. The van der Waals surface area contributed by atoms with Crippen molar-refractivity contribution in [1.29, 1.82) is 0 Å². The second-order valence-corrected chi connectivity index (χ2v) is 11.8. The summed E-state index contributed by atoms with van der Waals surface area (Å²) in [5.74, 6) is 1.65. The van der Waals surface area contributed by atoms with Gasteiger partial charge < -0.3 is 9.72 Å². The lowest BCUT2D eigenvalue weighted by molar-refractivity contribution is -0.0712. The van der Waals surface area contributed by atoms with Crippen molar-refractivity contribution in [3.63, 3.8) is 0 Å². The topological polar surface area (TPSA) is 45.6 Å². The fourth-order valence-electron chi connectivity index (χ4n) is 6.35. The largest absolute Gasteiger partial charge is 0.378 e. The predicted molar refractivity (Wildman–Crippen MR) is 148 cm³/mol. The highest BCUT2D eigenvalue weighted by atomic mass is 16.5. The molecule has 0 spiro atoms. The molecule has 5 nitrogen and oxygen atoms in total. The van der Waals surface area contributed by atoms with E-state index in [-0.39, 0.29) is 0 Å². The Kier molecular flexibility index (Phi) is 6.17. The molecule has 4 aromatic rings. The summed E-state index contributed by atoms with van der Waals surface area (Å²) in [5, 5.41) is 6.18. The minimum Gasteiger partial charge on any atom is -0.378 e. The lowest BCUT2D eigenvalue weighted by Gasteiger charge is -2.41. The van der Waals surface area contributed by atoms with Crippen molar-refractivity contribution in [2.75, 3.05) is 26.3 Å². The predicted octanol–water partition coefficient (Wildman–Crippen LogP) is 6.69. The van der Waals surface area contributed by atoms with Crippen LogP contribution < -0.4 is 0 Å². The SMILES string of the molecule is Cc1cc2cc(-c3[nH]c4ccc(C5CCN(C6COC6)CC5)cc4c3C(C)C)cc(CC(C)C)n2n1. The first kappa shape index (κ1) is 23.7. The molecular formula is C31H40N4O. The molecule has 0 unspecified atom stereocenters. The van der Waals surface area contributed by atoms with Crippen molar-refractivity contribution < 1.29 is 4.74 Å². The van der Waals surface area contributed by atoms with E-state index in [9.17, 15) is 0 Å². The summed E-state index contributed by atoms with van der Waals surface area (Å²) in [6.45, 7) is 15.5.